The second-order valence-corrected chi connectivity index (χ2v) is 6.96. The van der Waals surface area contributed by atoms with Crippen LogP contribution in [0.3, 0.4) is 0 Å². The van der Waals surface area contributed by atoms with Gasteiger partial charge in [0, 0.05) is 25.8 Å². The molecule has 0 spiro atoms. The molecule has 2 saturated heterocycles. The minimum absolute atomic E-state index is 0.0276. The minimum Gasteiger partial charge on any atom is -0.339 e. The second-order valence-electron chi connectivity index (χ2n) is 5.17. The third-order valence-corrected chi connectivity index (χ3v) is 5.38. The summed E-state index contributed by atoms with van der Waals surface area (Å²) >= 11 is 0. The second kappa shape index (κ2) is 4.72. The topological polar surface area (TPSA) is 105 Å². The van der Waals surface area contributed by atoms with Crippen molar-refractivity contribution in [3.63, 3.8) is 0 Å². The van der Waals surface area contributed by atoms with Crippen LogP contribution in [-0.4, -0.2) is 58.4 Å². The number of aromatic nitrogens is 2. The van der Waals surface area contributed by atoms with E-state index in [0.717, 1.165) is 0 Å². The van der Waals surface area contributed by atoms with E-state index in [4.69, 9.17) is 0 Å². The quantitative estimate of drug-likeness (QED) is 0.724. The summed E-state index contributed by atoms with van der Waals surface area (Å²) in [5.41, 5.74) is 0. The van der Waals surface area contributed by atoms with E-state index in [-0.39, 0.29) is 23.5 Å². The summed E-state index contributed by atoms with van der Waals surface area (Å²) in [6, 6.07) is -0.314. The molecule has 0 radical (unpaired) electrons. The van der Waals surface area contributed by atoms with E-state index in [0.29, 0.717) is 23.7 Å². The Bertz CT molecular complexity index is 685. The number of hydrogen-bond acceptors (Lipinski definition) is 5. The van der Waals surface area contributed by atoms with E-state index in [1.165, 1.54) is 22.0 Å². The fraction of sp³-hybridized carbons (Fsp3) is 0.545. The number of imidazole rings is 1. The number of urea groups is 1. The SMILES string of the molecule is Cn1cnc(S(=O)(=O)N(C=O)[C@H]2CC[C@@H]3CN2C(=O)N3)c1. The summed E-state index contributed by atoms with van der Waals surface area (Å²) in [6.07, 6.45) is 3.16. The number of amides is 3. The molecule has 2 aliphatic heterocycles. The minimum atomic E-state index is -4.07. The van der Waals surface area contributed by atoms with Crippen molar-refractivity contribution in [1.29, 1.82) is 0 Å². The zero-order valence-corrected chi connectivity index (χ0v) is 12.2. The Kier molecular flexibility index (Phi) is 3.12. The van der Waals surface area contributed by atoms with Gasteiger partial charge in [0.05, 0.1) is 6.33 Å². The number of carbonyl (C=O) groups excluding carboxylic acids is 2. The van der Waals surface area contributed by atoms with Crippen LogP contribution < -0.4 is 5.32 Å². The van der Waals surface area contributed by atoms with Crippen molar-refractivity contribution in [3.05, 3.63) is 12.5 Å². The molecule has 21 heavy (non-hydrogen) atoms. The van der Waals surface area contributed by atoms with Crippen LogP contribution in [0, 0.1) is 0 Å². The smallest absolute Gasteiger partial charge is 0.319 e. The van der Waals surface area contributed by atoms with Crippen LogP contribution in [0.15, 0.2) is 17.6 Å². The first-order valence-corrected chi connectivity index (χ1v) is 7.91. The third kappa shape index (κ3) is 2.15. The van der Waals surface area contributed by atoms with Gasteiger partial charge in [-0.25, -0.2) is 14.1 Å². The molecule has 3 amide bonds. The molecular formula is C11H15N5O4S. The largest absolute Gasteiger partial charge is 0.339 e. The summed E-state index contributed by atoms with van der Waals surface area (Å²) in [4.78, 5) is 28.3. The Morgan fingerprint density at radius 1 is 1.48 bits per heavy atom. The van der Waals surface area contributed by atoms with E-state index < -0.39 is 16.2 Å². The van der Waals surface area contributed by atoms with Gasteiger partial charge < -0.3 is 14.8 Å². The molecule has 1 aromatic rings. The Hall–Kier alpha value is -2.10. The molecule has 114 valence electrons. The number of piperidine rings is 1. The maximum Gasteiger partial charge on any atom is 0.319 e. The van der Waals surface area contributed by atoms with Gasteiger partial charge in [-0.3, -0.25) is 4.79 Å². The first-order valence-electron chi connectivity index (χ1n) is 6.47. The maximum atomic E-state index is 12.5. The van der Waals surface area contributed by atoms with Crippen molar-refractivity contribution >= 4 is 22.5 Å². The van der Waals surface area contributed by atoms with Crippen LogP contribution in [0.5, 0.6) is 0 Å². The van der Waals surface area contributed by atoms with Crippen molar-refractivity contribution in [2.24, 2.45) is 7.05 Å². The molecule has 2 atom stereocenters. The van der Waals surface area contributed by atoms with Crippen LogP contribution >= 0.6 is 0 Å². The maximum absolute atomic E-state index is 12.5. The van der Waals surface area contributed by atoms with Gasteiger partial charge in [-0.1, -0.05) is 0 Å². The van der Waals surface area contributed by atoms with E-state index in [2.05, 4.69) is 10.3 Å². The average molecular weight is 313 g/mol. The molecule has 10 heteroatoms. The van der Waals surface area contributed by atoms with Gasteiger partial charge in [0.2, 0.25) is 6.41 Å². The number of rotatable bonds is 4. The summed E-state index contributed by atoms with van der Waals surface area (Å²) < 4.78 is 27.2. The summed E-state index contributed by atoms with van der Waals surface area (Å²) in [6.45, 7) is 0.408. The lowest BCUT2D eigenvalue weighted by Gasteiger charge is -2.35. The van der Waals surface area contributed by atoms with Crippen molar-refractivity contribution in [2.45, 2.75) is 30.1 Å². The molecule has 1 aromatic heterocycles. The highest BCUT2D eigenvalue weighted by Crippen LogP contribution is 2.28. The first-order chi connectivity index (χ1) is 9.93. The number of hydrogen-bond donors (Lipinski definition) is 1. The third-order valence-electron chi connectivity index (χ3n) is 3.76. The monoisotopic (exact) mass is 313 g/mol. The van der Waals surface area contributed by atoms with Crippen molar-refractivity contribution in [1.82, 2.24) is 24.1 Å². The fourth-order valence-electron chi connectivity index (χ4n) is 2.73. The average Bonchev–Trinajstić information content (AvgIpc) is 2.98. The van der Waals surface area contributed by atoms with Crippen molar-refractivity contribution < 1.29 is 18.0 Å². The number of nitrogens with zero attached hydrogens (tertiary/aromatic N) is 4. The molecule has 0 unspecified atom stereocenters. The van der Waals surface area contributed by atoms with Gasteiger partial charge in [0.15, 0.2) is 5.03 Å². The Morgan fingerprint density at radius 2 is 2.24 bits per heavy atom. The number of fused-ring (bicyclic) bond motifs is 2. The predicted molar refractivity (Wildman–Crippen MR) is 70.3 cm³/mol. The molecule has 2 fully saturated rings. The predicted octanol–water partition coefficient (Wildman–Crippen LogP) is -0.919. The zero-order valence-electron chi connectivity index (χ0n) is 11.3. The van der Waals surface area contributed by atoms with Crippen molar-refractivity contribution in [3.8, 4) is 0 Å². The van der Waals surface area contributed by atoms with E-state index in [1.807, 2.05) is 0 Å². The van der Waals surface area contributed by atoms with Gasteiger partial charge in [0.1, 0.15) is 6.17 Å². The molecule has 2 bridgehead atoms. The Morgan fingerprint density at radius 3 is 2.86 bits per heavy atom. The van der Waals surface area contributed by atoms with E-state index >= 15 is 0 Å². The van der Waals surface area contributed by atoms with Gasteiger partial charge in [0.25, 0.3) is 10.0 Å². The molecule has 1 N–H and O–H groups in total. The highest BCUT2D eigenvalue weighted by atomic mass is 32.2. The number of nitrogens with one attached hydrogen (secondary N) is 1. The lowest BCUT2D eigenvalue weighted by molar-refractivity contribution is -0.117. The van der Waals surface area contributed by atoms with Crippen LogP contribution in [0.25, 0.3) is 0 Å². The number of aryl methyl sites for hydroxylation is 1. The normalized spacial score (nSPS) is 24.8. The first kappa shape index (κ1) is 13.9. The van der Waals surface area contributed by atoms with Gasteiger partial charge in [-0.15, -0.1) is 0 Å². The molecule has 3 rings (SSSR count). The molecular weight excluding hydrogens is 298 g/mol. The molecule has 0 aromatic carbocycles. The highest BCUT2D eigenvalue weighted by molar-refractivity contribution is 7.89. The van der Waals surface area contributed by atoms with E-state index in [1.54, 1.807) is 7.05 Å². The molecule has 0 saturated carbocycles. The standard InChI is InChI=1S/C11H15N5O4S/c1-14-5-9(12-6-14)21(19,20)16(7-17)10-3-2-8-4-15(10)11(18)13-8/h5-8,10H,2-4H2,1H3,(H,13,18)/t8-,10+/m1/s1. The van der Waals surface area contributed by atoms with E-state index in [9.17, 15) is 18.0 Å². The number of carbonyl (C=O) groups is 2. The van der Waals surface area contributed by atoms with Crippen LogP contribution in [0.1, 0.15) is 12.8 Å². The number of sulfonamides is 1. The van der Waals surface area contributed by atoms with Crippen LogP contribution in [0.4, 0.5) is 4.79 Å². The van der Waals surface area contributed by atoms with Crippen molar-refractivity contribution in [2.75, 3.05) is 6.54 Å². The molecule has 3 heterocycles. The lowest BCUT2D eigenvalue weighted by Crippen LogP contribution is -2.52. The Labute approximate surface area is 121 Å². The highest BCUT2D eigenvalue weighted by Gasteiger charge is 2.44. The molecule has 2 aliphatic rings. The van der Waals surface area contributed by atoms with Crippen LogP contribution in [0.2, 0.25) is 0 Å². The lowest BCUT2D eigenvalue weighted by atomic mass is 10.1. The summed E-state index contributed by atoms with van der Waals surface area (Å²) in [5.74, 6) is 0. The Balaban J connectivity index is 1.95. The van der Waals surface area contributed by atoms with Gasteiger partial charge in [-0.05, 0) is 12.8 Å². The van der Waals surface area contributed by atoms with Gasteiger partial charge in [-0.2, -0.15) is 8.42 Å². The molecule has 9 nitrogen and oxygen atoms in total. The van der Waals surface area contributed by atoms with Crippen LogP contribution in [-0.2, 0) is 21.9 Å². The van der Waals surface area contributed by atoms with Gasteiger partial charge >= 0.3 is 6.03 Å². The summed E-state index contributed by atoms with van der Waals surface area (Å²) in [5, 5.41) is 2.54. The molecule has 0 aliphatic carbocycles. The fourth-order valence-corrected chi connectivity index (χ4v) is 4.08. The zero-order chi connectivity index (χ0) is 15.2. The summed E-state index contributed by atoms with van der Waals surface area (Å²) in [7, 11) is -2.43.